The molecule has 0 saturated heterocycles. The highest BCUT2D eigenvalue weighted by Gasteiger charge is 2.36. The number of nitro groups is 1. The Morgan fingerprint density at radius 3 is 2.53 bits per heavy atom. The molecular weight excluding hydrogens is 440 g/mol. The molecule has 0 aliphatic heterocycles. The number of nitrogens with zero attached hydrogens (tertiary/aromatic N) is 1. The Labute approximate surface area is 187 Å². The molecule has 10 nitrogen and oxygen atoms in total. The molecule has 1 atom stereocenters. The van der Waals surface area contributed by atoms with Gasteiger partial charge in [0.05, 0.1) is 16.6 Å². The molecule has 0 saturated carbocycles. The largest absolute Gasteiger partial charge is 0.444 e. The first-order valence-corrected chi connectivity index (χ1v) is 11.8. The molecule has 1 aromatic carbocycles. The Hall–Kier alpha value is -2.95. The van der Waals surface area contributed by atoms with E-state index >= 15 is 0 Å². The zero-order valence-electron chi connectivity index (χ0n) is 18.5. The van der Waals surface area contributed by atoms with E-state index in [2.05, 4.69) is 5.32 Å². The Morgan fingerprint density at radius 1 is 1.25 bits per heavy atom. The number of hydrogen-bond donors (Lipinski definition) is 1. The number of carbonyl (C=O) groups excluding carboxylic acids is 2. The minimum atomic E-state index is -4.27. The van der Waals surface area contributed by atoms with Crippen molar-refractivity contribution in [2.24, 2.45) is 5.92 Å². The number of carbonyl (C=O) groups is 2. The first-order chi connectivity index (χ1) is 14.9. The molecule has 1 aromatic rings. The van der Waals surface area contributed by atoms with Crippen LogP contribution in [0.25, 0.3) is 0 Å². The van der Waals surface area contributed by atoms with Crippen molar-refractivity contribution in [2.75, 3.05) is 0 Å². The van der Waals surface area contributed by atoms with E-state index in [0.29, 0.717) is 12.8 Å². The van der Waals surface area contributed by atoms with Crippen molar-refractivity contribution in [2.45, 2.75) is 64.9 Å². The summed E-state index contributed by atoms with van der Waals surface area (Å²) >= 11 is 0. The van der Waals surface area contributed by atoms with Crippen LogP contribution in [0.15, 0.2) is 29.8 Å². The number of ether oxygens (including phenoxy) is 1. The van der Waals surface area contributed by atoms with Gasteiger partial charge < -0.3 is 14.2 Å². The van der Waals surface area contributed by atoms with Crippen LogP contribution in [0.2, 0.25) is 0 Å². The monoisotopic (exact) mass is 468 g/mol. The van der Waals surface area contributed by atoms with E-state index in [1.54, 1.807) is 33.8 Å². The van der Waals surface area contributed by atoms with Crippen LogP contribution < -0.4 is 9.50 Å². The van der Waals surface area contributed by atoms with E-state index in [-0.39, 0.29) is 47.7 Å². The van der Waals surface area contributed by atoms with E-state index in [1.807, 2.05) is 0 Å². The maximum absolute atomic E-state index is 12.9. The Balaban J connectivity index is 2.24. The molecular formula is C21H28N2O8S. The highest BCUT2D eigenvalue weighted by Crippen LogP contribution is 2.31. The predicted molar refractivity (Wildman–Crippen MR) is 117 cm³/mol. The molecule has 0 radical (unpaired) electrons. The fourth-order valence-electron chi connectivity index (χ4n) is 3.24. The second-order valence-corrected chi connectivity index (χ2v) is 9.82. The van der Waals surface area contributed by atoms with Crippen molar-refractivity contribution < 1.29 is 31.9 Å². The summed E-state index contributed by atoms with van der Waals surface area (Å²) in [6, 6.07) is 3.31. The normalized spacial score (nSPS) is 16.4. The van der Waals surface area contributed by atoms with Gasteiger partial charge in [-0.05, 0) is 45.2 Å². The van der Waals surface area contributed by atoms with Gasteiger partial charge in [0.15, 0.2) is 5.78 Å². The first kappa shape index (κ1) is 25.3. The molecule has 0 spiro atoms. The molecule has 11 heteroatoms. The van der Waals surface area contributed by atoms with Crippen LogP contribution in [0.1, 0.15) is 52.5 Å². The maximum Gasteiger partial charge on any atom is 0.407 e. The number of Topliss-reactive ketones (excluding diaryl/α,β-unsaturated/α-hetero) is 1. The lowest BCUT2D eigenvalue weighted by atomic mass is 9.91. The molecule has 0 bridgehead atoms. The highest BCUT2D eigenvalue weighted by atomic mass is 32.2. The van der Waals surface area contributed by atoms with Crippen LogP contribution in [-0.4, -0.2) is 36.5 Å². The number of nitrogens with one attached hydrogen (secondary N) is 1. The zero-order valence-corrected chi connectivity index (χ0v) is 19.3. The first-order valence-electron chi connectivity index (χ1n) is 10.3. The number of allylic oxidation sites excluding steroid dienone is 1. The fourth-order valence-corrected chi connectivity index (χ4v) is 4.71. The van der Waals surface area contributed by atoms with Gasteiger partial charge in [-0.3, -0.25) is 14.9 Å². The molecule has 2 rings (SSSR count). The number of ketones is 1. The average molecular weight is 469 g/mol. The van der Waals surface area contributed by atoms with Gasteiger partial charge in [-0.15, -0.1) is 0 Å². The molecule has 0 fully saturated rings. The Bertz CT molecular complexity index is 1010. The summed E-state index contributed by atoms with van der Waals surface area (Å²) in [6.07, 6.45) is 2.30. The van der Waals surface area contributed by atoms with Crippen LogP contribution in [0.5, 0.6) is 5.75 Å². The summed E-state index contributed by atoms with van der Waals surface area (Å²) in [5.74, 6) is -0.889. The second-order valence-electron chi connectivity index (χ2n) is 8.10. The third-order valence-electron chi connectivity index (χ3n) is 4.77. The number of alkyl carbamates (subject to hydrolysis) is 1. The molecule has 32 heavy (non-hydrogen) atoms. The van der Waals surface area contributed by atoms with E-state index in [0.717, 1.165) is 6.07 Å². The third-order valence-corrected chi connectivity index (χ3v) is 6.38. The van der Waals surface area contributed by atoms with Crippen molar-refractivity contribution in [3.8, 4) is 5.75 Å². The summed E-state index contributed by atoms with van der Waals surface area (Å²) in [5, 5.41) is 12.8. The van der Waals surface area contributed by atoms with Gasteiger partial charge >= 0.3 is 16.2 Å². The van der Waals surface area contributed by atoms with Gasteiger partial charge in [0.25, 0.3) is 5.69 Å². The molecule has 1 amide bonds. The lowest BCUT2D eigenvalue weighted by Gasteiger charge is -2.24. The zero-order chi connectivity index (χ0) is 24.1. The van der Waals surface area contributed by atoms with E-state index in [9.17, 15) is 28.1 Å². The molecule has 1 unspecified atom stereocenters. The number of hydrogen-bond acceptors (Lipinski definition) is 8. The van der Waals surface area contributed by atoms with Crippen molar-refractivity contribution in [3.05, 3.63) is 45.5 Å². The van der Waals surface area contributed by atoms with Crippen molar-refractivity contribution in [1.82, 2.24) is 5.32 Å². The molecule has 1 aliphatic rings. The SMILES string of the molecule is CC(C)NC(=O)OCc1ccc(OS(=O)(=O)C2CCCC=C2C(=O)C(C)C)cc1[N+](=O)[O-]. The third kappa shape index (κ3) is 6.52. The van der Waals surface area contributed by atoms with Crippen LogP contribution in [-0.2, 0) is 26.3 Å². The average Bonchev–Trinajstić information content (AvgIpc) is 2.71. The van der Waals surface area contributed by atoms with Crippen LogP contribution in [0, 0.1) is 16.0 Å². The fraction of sp³-hybridized carbons (Fsp3) is 0.524. The van der Waals surface area contributed by atoms with E-state index < -0.39 is 32.1 Å². The predicted octanol–water partition coefficient (Wildman–Crippen LogP) is 3.64. The van der Waals surface area contributed by atoms with Gasteiger partial charge in [-0.1, -0.05) is 19.9 Å². The Morgan fingerprint density at radius 2 is 1.94 bits per heavy atom. The number of benzene rings is 1. The lowest BCUT2D eigenvalue weighted by Crippen LogP contribution is -2.34. The van der Waals surface area contributed by atoms with Crippen LogP contribution in [0.3, 0.4) is 0 Å². The van der Waals surface area contributed by atoms with E-state index in [1.165, 1.54) is 12.1 Å². The Kier molecular flexibility index (Phi) is 8.37. The molecule has 0 aromatic heterocycles. The quantitative estimate of drug-likeness (QED) is 0.329. The highest BCUT2D eigenvalue weighted by molar-refractivity contribution is 7.88. The summed E-state index contributed by atoms with van der Waals surface area (Å²) in [5.41, 5.74) is -0.179. The summed E-state index contributed by atoms with van der Waals surface area (Å²) in [4.78, 5) is 34.9. The second kappa shape index (κ2) is 10.6. The van der Waals surface area contributed by atoms with Crippen LogP contribution in [0.4, 0.5) is 10.5 Å². The summed E-state index contributed by atoms with van der Waals surface area (Å²) in [7, 11) is -4.27. The molecule has 0 heterocycles. The van der Waals surface area contributed by atoms with Gasteiger partial charge in [-0.25, -0.2) is 4.79 Å². The lowest BCUT2D eigenvalue weighted by molar-refractivity contribution is -0.385. The number of amides is 1. The van der Waals surface area contributed by atoms with E-state index in [4.69, 9.17) is 8.92 Å². The van der Waals surface area contributed by atoms with Gasteiger partial charge in [0, 0.05) is 17.5 Å². The molecule has 1 aliphatic carbocycles. The molecule has 1 N–H and O–H groups in total. The maximum atomic E-state index is 12.9. The minimum absolute atomic E-state index is 0.0758. The van der Waals surface area contributed by atoms with Gasteiger partial charge in [-0.2, -0.15) is 8.42 Å². The summed E-state index contributed by atoms with van der Waals surface area (Å²) < 4.78 is 36.0. The van der Waals surface area contributed by atoms with Crippen molar-refractivity contribution >= 4 is 27.7 Å². The number of rotatable bonds is 9. The van der Waals surface area contributed by atoms with Crippen LogP contribution >= 0.6 is 0 Å². The standard InChI is InChI=1S/C21H28N2O8S/c1-13(2)20(24)17-7-5-6-8-19(17)32(28,29)31-16-10-9-15(18(11-16)23(26)27)12-30-21(25)22-14(3)4/h7,9-11,13-14,19H,5-6,8,12H2,1-4H3,(H,22,25). The number of nitro benzene ring substituents is 1. The minimum Gasteiger partial charge on any atom is -0.444 e. The topological polar surface area (TPSA) is 142 Å². The van der Waals surface area contributed by atoms with Gasteiger partial charge in [0.1, 0.15) is 17.6 Å². The van der Waals surface area contributed by atoms with Crippen molar-refractivity contribution in [3.63, 3.8) is 0 Å². The smallest absolute Gasteiger partial charge is 0.407 e. The summed E-state index contributed by atoms with van der Waals surface area (Å²) in [6.45, 7) is 6.47. The van der Waals surface area contributed by atoms with Crippen molar-refractivity contribution in [1.29, 1.82) is 0 Å². The molecule has 176 valence electrons. The van der Waals surface area contributed by atoms with Gasteiger partial charge in [0.2, 0.25) is 0 Å².